The number of H-pyrrole nitrogens is 1. The largest absolute Gasteiger partial charge is 0.468 e. The van der Waals surface area contributed by atoms with E-state index < -0.39 is 0 Å². The number of methoxy groups -OCH3 is 1. The molecule has 1 N–H and O–H groups in total. The van der Waals surface area contributed by atoms with E-state index in [0.29, 0.717) is 5.82 Å². The SMILES string of the molecule is COC(=O)C(c1ncc(-c2ccc(Br)cc2)[nH]1)C(C)C. The fourth-order valence-corrected chi connectivity index (χ4v) is 2.36. The van der Waals surface area contributed by atoms with E-state index in [1.54, 1.807) is 6.20 Å². The molecule has 0 amide bonds. The second-order valence-corrected chi connectivity index (χ2v) is 5.85. The number of nitrogens with zero attached hydrogens (tertiary/aromatic N) is 1. The molecule has 1 heterocycles. The molecular weight excluding hydrogens is 320 g/mol. The quantitative estimate of drug-likeness (QED) is 0.865. The summed E-state index contributed by atoms with van der Waals surface area (Å²) in [5, 5.41) is 0. The average Bonchev–Trinajstić information content (AvgIpc) is 2.88. The van der Waals surface area contributed by atoms with Crippen molar-refractivity contribution in [1.29, 1.82) is 0 Å². The summed E-state index contributed by atoms with van der Waals surface area (Å²) in [4.78, 5) is 19.4. The molecule has 2 rings (SSSR count). The third-order valence-electron chi connectivity index (χ3n) is 3.17. The number of aromatic nitrogens is 2. The zero-order valence-corrected chi connectivity index (χ0v) is 13.3. The van der Waals surface area contributed by atoms with Crippen LogP contribution in [-0.2, 0) is 9.53 Å². The van der Waals surface area contributed by atoms with Crippen molar-refractivity contribution in [2.45, 2.75) is 19.8 Å². The molecule has 5 heteroatoms. The first-order valence-electron chi connectivity index (χ1n) is 6.41. The summed E-state index contributed by atoms with van der Waals surface area (Å²) >= 11 is 3.41. The third-order valence-corrected chi connectivity index (χ3v) is 3.70. The summed E-state index contributed by atoms with van der Waals surface area (Å²) in [6.07, 6.45) is 1.75. The molecule has 0 aliphatic carbocycles. The Hall–Kier alpha value is -1.62. The van der Waals surface area contributed by atoms with Crippen molar-refractivity contribution in [3.8, 4) is 11.3 Å². The van der Waals surface area contributed by atoms with E-state index in [4.69, 9.17) is 4.74 Å². The van der Waals surface area contributed by atoms with E-state index in [1.165, 1.54) is 7.11 Å². The number of rotatable bonds is 4. The van der Waals surface area contributed by atoms with Crippen molar-refractivity contribution in [1.82, 2.24) is 9.97 Å². The van der Waals surface area contributed by atoms with Gasteiger partial charge in [0.1, 0.15) is 11.7 Å². The molecule has 0 spiro atoms. The molecule has 1 unspecified atom stereocenters. The Bertz CT molecular complexity index is 590. The van der Waals surface area contributed by atoms with Gasteiger partial charge in [-0.1, -0.05) is 41.9 Å². The summed E-state index contributed by atoms with van der Waals surface area (Å²) in [6, 6.07) is 7.92. The van der Waals surface area contributed by atoms with Crippen LogP contribution in [0.1, 0.15) is 25.6 Å². The summed E-state index contributed by atoms with van der Waals surface area (Å²) in [6.45, 7) is 3.95. The highest BCUT2D eigenvalue weighted by molar-refractivity contribution is 9.10. The van der Waals surface area contributed by atoms with Gasteiger partial charge in [0.25, 0.3) is 0 Å². The smallest absolute Gasteiger partial charge is 0.316 e. The van der Waals surface area contributed by atoms with E-state index in [0.717, 1.165) is 15.7 Å². The summed E-state index contributed by atoms with van der Waals surface area (Å²) in [7, 11) is 1.40. The van der Waals surface area contributed by atoms with Gasteiger partial charge in [0.2, 0.25) is 0 Å². The summed E-state index contributed by atoms with van der Waals surface area (Å²) < 4.78 is 5.88. The van der Waals surface area contributed by atoms with E-state index >= 15 is 0 Å². The van der Waals surface area contributed by atoms with Crippen molar-refractivity contribution in [2.24, 2.45) is 5.92 Å². The lowest BCUT2D eigenvalue weighted by atomic mass is 9.95. The van der Waals surface area contributed by atoms with Gasteiger partial charge in [-0.2, -0.15) is 0 Å². The molecule has 106 valence electrons. The van der Waals surface area contributed by atoms with Crippen LogP contribution in [-0.4, -0.2) is 23.0 Å². The molecule has 0 aliphatic rings. The lowest BCUT2D eigenvalue weighted by molar-refractivity contribution is -0.143. The zero-order valence-electron chi connectivity index (χ0n) is 11.7. The van der Waals surface area contributed by atoms with Crippen molar-refractivity contribution >= 4 is 21.9 Å². The van der Waals surface area contributed by atoms with Gasteiger partial charge in [0.15, 0.2) is 0 Å². The van der Waals surface area contributed by atoms with Crippen LogP contribution in [0.4, 0.5) is 0 Å². The van der Waals surface area contributed by atoms with Gasteiger partial charge in [-0.3, -0.25) is 4.79 Å². The number of halogens is 1. The van der Waals surface area contributed by atoms with Gasteiger partial charge in [-0.15, -0.1) is 0 Å². The predicted octanol–water partition coefficient (Wildman–Crippen LogP) is 3.75. The molecule has 0 aliphatic heterocycles. The Kier molecular flexibility index (Phi) is 4.60. The van der Waals surface area contributed by atoms with E-state index in [1.807, 2.05) is 38.1 Å². The fourth-order valence-electron chi connectivity index (χ4n) is 2.10. The number of hydrogen-bond donors (Lipinski definition) is 1. The molecule has 0 saturated carbocycles. The van der Waals surface area contributed by atoms with Crippen LogP contribution in [0.15, 0.2) is 34.9 Å². The minimum Gasteiger partial charge on any atom is -0.468 e. The number of hydrogen-bond acceptors (Lipinski definition) is 3. The Balaban J connectivity index is 2.31. The number of benzene rings is 1. The number of carbonyl (C=O) groups excluding carboxylic acids is 1. The molecule has 1 atom stereocenters. The number of imidazole rings is 1. The normalized spacial score (nSPS) is 12.4. The fraction of sp³-hybridized carbons (Fsp3) is 0.333. The second kappa shape index (κ2) is 6.22. The maximum Gasteiger partial charge on any atom is 0.316 e. The summed E-state index contributed by atoms with van der Waals surface area (Å²) in [5.74, 6) is 0.122. The average molecular weight is 337 g/mol. The minimum atomic E-state index is -0.371. The maximum atomic E-state index is 11.9. The molecule has 0 saturated heterocycles. The highest BCUT2D eigenvalue weighted by atomic mass is 79.9. The van der Waals surface area contributed by atoms with E-state index in [9.17, 15) is 4.79 Å². The molecule has 0 radical (unpaired) electrons. The molecule has 2 aromatic rings. The van der Waals surface area contributed by atoms with Gasteiger partial charge in [0, 0.05) is 4.47 Å². The monoisotopic (exact) mass is 336 g/mol. The minimum absolute atomic E-state index is 0.117. The lowest BCUT2D eigenvalue weighted by Gasteiger charge is -2.15. The lowest BCUT2D eigenvalue weighted by Crippen LogP contribution is -2.20. The molecule has 0 fully saturated rings. The topological polar surface area (TPSA) is 55.0 Å². The van der Waals surface area contributed by atoms with Crippen LogP contribution >= 0.6 is 15.9 Å². The van der Waals surface area contributed by atoms with Crippen LogP contribution in [0.25, 0.3) is 11.3 Å². The molecular formula is C15H17BrN2O2. The van der Waals surface area contributed by atoms with Crippen LogP contribution < -0.4 is 0 Å². The first-order chi connectivity index (χ1) is 9.52. The maximum absolute atomic E-state index is 11.9. The van der Waals surface area contributed by atoms with Gasteiger partial charge < -0.3 is 9.72 Å². The first kappa shape index (κ1) is 14.8. The Labute approximate surface area is 126 Å². The Morgan fingerprint density at radius 1 is 1.30 bits per heavy atom. The van der Waals surface area contributed by atoms with Crippen LogP contribution in [0, 0.1) is 5.92 Å². The van der Waals surface area contributed by atoms with Crippen LogP contribution in [0.2, 0.25) is 0 Å². The van der Waals surface area contributed by atoms with Crippen molar-refractivity contribution in [3.63, 3.8) is 0 Å². The highest BCUT2D eigenvalue weighted by Gasteiger charge is 2.27. The standard InChI is InChI=1S/C15H17BrN2O2/c1-9(2)13(15(19)20-3)14-17-8-12(18-14)10-4-6-11(16)7-5-10/h4-9,13H,1-3H3,(H,17,18). The number of esters is 1. The van der Waals surface area contributed by atoms with Gasteiger partial charge in [-0.25, -0.2) is 4.98 Å². The summed E-state index contributed by atoms with van der Waals surface area (Å²) in [5.41, 5.74) is 1.92. The van der Waals surface area contributed by atoms with Crippen molar-refractivity contribution in [3.05, 3.63) is 40.8 Å². The second-order valence-electron chi connectivity index (χ2n) is 4.93. The number of carbonyl (C=O) groups is 1. The zero-order chi connectivity index (χ0) is 14.7. The van der Waals surface area contributed by atoms with Crippen LogP contribution in [0.5, 0.6) is 0 Å². The number of nitrogens with one attached hydrogen (secondary N) is 1. The van der Waals surface area contributed by atoms with Crippen molar-refractivity contribution in [2.75, 3.05) is 7.11 Å². The number of ether oxygens (including phenoxy) is 1. The van der Waals surface area contributed by atoms with Gasteiger partial charge in [-0.05, 0) is 23.6 Å². The molecule has 20 heavy (non-hydrogen) atoms. The molecule has 1 aromatic carbocycles. The number of aromatic amines is 1. The highest BCUT2D eigenvalue weighted by Crippen LogP contribution is 2.26. The third kappa shape index (κ3) is 3.10. The van der Waals surface area contributed by atoms with Gasteiger partial charge >= 0.3 is 5.97 Å². The predicted molar refractivity (Wildman–Crippen MR) is 81.3 cm³/mol. The van der Waals surface area contributed by atoms with Crippen LogP contribution in [0.3, 0.4) is 0 Å². The van der Waals surface area contributed by atoms with E-state index in [-0.39, 0.29) is 17.8 Å². The molecule has 1 aromatic heterocycles. The Morgan fingerprint density at radius 3 is 2.50 bits per heavy atom. The van der Waals surface area contributed by atoms with E-state index in [2.05, 4.69) is 25.9 Å². The Morgan fingerprint density at radius 2 is 1.95 bits per heavy atom. The molecule has 0 bridgehead atoms. The van der Waals surface area contributed by atoms with Crippen molar-refractivity contribution < 1.29 is 9.53 Å². The molecule has 4 nitrogen and oxygen atoms in total. The van der Waals surface area contributed by atoms with Gasteiger partial charge in [0.05, 0.1) is 19.0 Å². The first-order valence-corrected chi connectivity index (χ1v) is 7.21.